The summed E-state index contributed by atoms with van der Waals surface area (Å²) in [5.74, 6) is 0.202. The molecule has 2 aliphatic rings. The van der Waals surface area contributed by atoms with Crippen LogP contribution in [-0.2, 0) is 9.31 Å². The predicted molar refractivity (Wildman–Crippen MR) is 71.3 cm³/mol. The molecule has 2 aliphatic heterocycles. The van der Waals surface area contributed by atoms with Crippen molar-refractivity contribution in [2.75, 3.05) is 33.4 Å². The molecular weight excluding hydrogens is 227 g/mol. The molecule has 0 amide bonds. The Balaban J connectivity index is 1.85. The standard InChI is InChI=1S/C13H19BN2O2/c1-16-8-7-15-13(14-17-9-10-18-14)12(16)11-5-3-2-4-6-11/h2-6,12-13,15H,7-10H2,1H3. The molecule has 0 saturated carbocycles. The van der Waals surface area contributed by atoms with Crippen molar-refractivity contribution < 1.29 is 9.31 Å². The van der Waals surface area contributed by atoms with Crippen molar-refractivity contribution in [2.45, 2.75) is 12.0 Å². The summed E-state index contributed by atoms with van der Waals surface area (Å²) in [6, 6.07) is 10.9. The molecule has 3 rings (SSSR count). The van der Waals surface area contributed by atoms with E-state index in [1.54, 1.807) is 0 Å². The second-order valence-corrected chi connectivity index (χ2v) is 4.93. The summed E-state index contributed by atoms with van der Waals surface area (Å²) < 4.78 is 11.4. The Kier molecular flexibility index (Phi) is 3.66. The van der Waals surface area contributed by atoms with Gasteiger partial charge in [-0.05, 0) is 12.6 Å². The van der Waals surface area contributed by atoms with Crippen LogP contribution in [0.3, 0.4) is 0 Å². The highest BCUT2D eigenvalue weighted by Crippen LogP contribution is 2.28. The fourth-order valence-corrected chi connectivity index (χ4v) is 2.87. The van der Waals surface area contributed by atoms with Gasteiger partial charge in [-0.1, -0.05) is 30.3 Å². The van der Waals surface area contributed by atoms with Gasteiger partial charge in [0.05, 0.1) is 19.2 Å². The van der Waals surface area contributed by atoms with Crippen LogP contribution in [0.15, 0.2) is 30.3 Å². The molecule has 2 fully saturated rings. The van der Waals surface area contributed by atoms with Gasteiger partial charge in [-0.25, -0.2) is 0 Å². The monoisotopic (exact) mass is 246 g/mol. The third kappa shape index (κ3) is 2.31. The molecule has 1 aromatic carbocycles. The first kappa shape index (κ1) is 12.2. The fourth-order valence-electron chi connectivity index (χ4n) is 2.87. The van der Waals surface area contributed by atoms with Crippen molar-refractivity contribution in [2.24, 2.45) is 0 Å². The van der Waals surface area contributed by atoms with Crippen LogP contribution < -0.4 is 5.32 Å². The molecule has 2 atom stereocenters. The lowest BCUT2D eigenvalue weighted by Crippen LogP contribution is -2.58. The van der Waals surface area contributed by atoms with Crippen molar-refractivity contribution in [1.82, 2.24) is 10.2 Å². The first-order chi connectivity index (χ1) is 8.86. The molecule has 0 bridgehead atoms. The number of rotatable bonds is 2. The third-order valence-electron chi connectivity index (χ3n) is 3.74. The second-order valence-electron chi connectivity index (χ2n) is 4.93. The highest BCUT2D eigenvalue weighted by atomic mass is 16.6. The lowest BCUT2D eigenvalue weighted by molar-refractivity contribution is 0.162. The van der Waals surface area contributed by atoms with Crippen LogP contribution >= 0.6 is 0 Å². The Morgan fingerprint density at radius 3 is 2.67 bits per heavy atom. The largest absolute Gasteiger partial charge is 0.477 e. The summed E-state index contributed by atoms with van der Waals surface area (Å²) in [4.78, 5) is 2.38. The Bertz CT molecular complexity index is 384. The zero-order chi connectivity index (χ0) is 12.4. The maximum atomic E-state index is 5.68. The molecule has 0 spiro atoms. The minimum atomic E-state index is -0.127. The molecule has 1 aromatic rings. The van der Waals surface area contributed by atoms with Gasteiger partial charge in [0.1, 0.15) is 0 Å². The Morgan fingerprint density at radius 2 is 1.94 bits per heavy atom. The average Bonchev–Trinajstić information content (AvgIpc) is 2.93. The van der Waals surface area contributed by atoms with Crippen molar-refractivity contribution in [1.29, 1.82) is 0 Å². The van der Waals surface area contributed by atoms with Gasteiger partial charge < -0.3 is 14.6 Å². The lowest BCUT2D eigenvalue weighted by atomic mass is 9.71. The molecule has 0 aromatic heterocycles. The van der Waals surface area contributed by atoms with Crippen molar-refractivity contribution in [3.8, 4) is 0 Å². The molecule has 2 saturated heterocycles. The molecule has 96 valence electrons. The second kappa shape index (κ2) is 5.40. The van der Waals surface area contributed by atoms with Gasteiger partial charge in [-0.3, -0.25) is 4.90 Å². The third-order valence-corrected chi connectivity index (χ3v) is 3.74. The van der Waals surface area contributed by atoms with Gasteiger partial charge in [-0.15, -0.1) is 0 Å². The van der Waals surface area contributed by atoms with Crippen LogP contribution in [-0.4, -0.2) is 51.3 Å². The van der Waals surface area contributed by atoms with Crippen molar-refractivity contribution in [3.63, 3.8) is 0 Å². The first-order valence-corrected chi connectivity index (χ1v) is 6.58. The summed E-state index contributed by atoms with van der Waals surface area (Å²) in [5.41, 5.74) is 1.32. The number of likely N-dealkylation sites (N-methyl/N-ethyl adjacent to an activating group) is 1. The summed E-state index contributed by atoms with van der Waals surface area (Å²) in [6.45, 7) is 3.43. The molecule has 2 heterocycles. The van der Waals surface area contributed by atoms with E-state index in [4.69, 9.17) is 9.31 Å². The maximum absolute atomic E-state index is 5.68. The molecule has 1 N–H and O–H groups in total. The first-order valence-electron chi connectivity index (χ1n) is 6.58. The zero-order valence-corrected chi connectivity index (χ0v) is 10.7. The van der Waals surface area contributed by atoms with E-state index in [-0.39, 0.29) is 13.1 Å². The van der Waals surface area contributed by atoms with Crippen molar-refractivity contribution in [3.05, 3.63) is 35.9 Å². The molecule has 0 aliphatic carbocycles. The number of nitrogens with one attached hydrogen (secondary N) is 1. The molecule has 4 nitrogen and oxygen atoms in total. The van der Waals surface area contributed by atoms with Gasteiger partial charge in [0.25, 0.3) is 0 Å². The highest BCUT2D eigenvalue weighted by Gasteiger charge is 2.43. The van der Waals surface area contributed by atoms with Gasteiger partial charge in [0.2, 0.25) is 0 Å². The quantitative estimate of drug-likeness (QED) is 0.779. The molecule has 2 unspecified atom stereocenters. The Morgan fingerprint density at radius 1 is 1.22 bits per heavy atom. The van der Waals surface area contributed by atoms with Gasteiger partial charge >= 0.3 is 7.12 Å². The van der Waals surface area contributed by atoms with Crippen LogP contribution in [0, 0.1) is 0 Å². The van der Waals surface area contributed by atoms with E-state index in [2.05, 4.69) is 47.6 Å². The summed E-state index contributed by atoms with van der Waals surface area (Å²) in [7, 11) is 2.04. The fraction of sp³-hybridized carbons (Fsp3) is 0.538. The van der Waals surface area contributed by atoms with E-state index in [1.807, 2.05) is 0 Å². The number of hydrogen-bond acceptors (Lipinski definition) is 4. The van der Waals surface area contributed by atoms with E-state index in [1.165, 1.54) is 5.56 Å². The molecular formula is C13H19BN2O2. The van der Waals surface area contributed by atoms with Crippen LogP contribution in [0.1, 0.15) is 11.6 Å². The summed E-state index contributed by atoms with van der Waals surface area (Å²) >= 11 is 0. The van der Waals surface area contributed by atoms with Gasteiger partial charge in [0.15, 0.2) is 0 Å². The Labute approximate surface area is 108 Å². The summed E-state index contributed by atoms with van der Waals surface area (Å²) in [5, 5.41) is 3.55. The number of nitrogens with zero attached hydrogens (tertiary/aromatic N) is 1. The minimum Gasteiger partial charge on any atom is -0.408 e. The van der Waals surface area contributed by atoms with Crippen molar-refractivity contribution >= 4 is 7.12 Å². The summed E-state index contributed by atoms with van der Waals surface area (Å²) in [6.07, 6.45) is 0. The molecule has 0 radical (unpaired) electrons. The van der Waals surface area contributed by atoms with Gasteiger partial charge in [-0.2, -0.15) is 0 Å². The molecule has 18 heavy (non-hydrogen) atoms. The Hall–Kier alpha value is -0.875. The van der Waals surface area contributed by atoms with E-state index < -0.39 is 0 Å². The topological polar surface area (TPSA) is 33.7 Å². The van der Waals surface area contributed by atoms with E-state index >= 15 is 0 Å². The van der Waals surface area contributed by atoms with E-state index in [0.29, 0.717) is 19.3 Å². The highest BCUT2D eigenvalue weighted by molar-refractivity contribution is 6.47. The lowest BCUT2D eigenvalue weighted by Gasteiger charge is -2.40. The van der Waals surface area contributed by atoms with Crippen LogP contribution in [0.5, 0.6) is 0 Å². The van der Waals surface area contributed by atoms with Crippen LogP contribution in [0.4, 0.5) is 0 Å². The number of benzene rings is 1. The van der Waals surface area contributed by atoms with E-state index in [0.717, 1.165) is 13.1 Å². The van der Waals surface area contributed by atoms with Crippen LogP contribution in [0.2, 0.25) is 0 Å². The smallest absolute Gasteiger partial charge is 0.408 e. The molecule has 5 heteroatoms. The predicted octanol–water partition coefficient (Wildman–Crippen LogP) is 0.705. The van der Waals surface area contributed by atoms with Crippen LogP contribution in [0.25, 0.3) is 0 Å². The average molecular weight is 246 g/mol. The zero-order valence-electron chi connectivity index (χ0n) is 10.7. The number of hydrogen-bond donors (Lipinski definition) is 1. The number of piperazine rings is 1. The normalized spacial score (nSPS) is 29.7. The van der Waals surface area contributed by atoms with Gasteiger partial charge in [0, 0.05) is 19.1 Å². The minimum absolute atomic E-state index is 0.127. The maximum Gasteiger partial charge on any atom is 0.477 e. The van der Waals surface area contributed by atoms with E-state index in [9.17, 15) is 0 Å². The SMILES string of the molecule is CN1CCNC(B2OCCO2)C1c1ccccc1.